The van der Waals surface area contributed by atoms with E-state index in [4.69, 9.17) is 0 Å². The zero-order valence-electron chi connectivity index (χ0n) is 14.9. The minimum atomic E-state index is -3.23. The second kappa shape index (κ2) is 7.87. The molecule has 2 fully saturated rings. The van der Waals surface area contributed by atoms with Gasteiger partial charge >= 0.3 is 0 Å². The van der Waals surface area contributed by atoms with Crippen LogP contribution in [0.4, 0.5) is 0 Å². The molecule has 1 saturated heterocycles. The van der Waals surface area contributed by atoms with Crippen molar-refractivity contribution in [3.63, 3.8) is 0 Å². The molecule has 2 atom stereocenters. The van der Waals surface area contributed by atoms with Crippen LogP contribution in [0.15, 0.2) is 30.3 Å². The van der Waals surface area contributed by atoms with Gasteiger partial charge in [0.05, 0.1) is 17.7 Å². The molecule has 0 aromatic heterocycles. The van der Waals surface area contributed by atoms with Gasteiger partial charge < -0.3 is 5.32 Å². The Kier molecular flexibility index (Phi) is 5.79. The summed E-state index contributed by atoms with van der Waals surface area (Å²) < 4.78 is 26.1. The number of piperidine rings is 1. The quantitative estimate of drug-likeness (QED) is 0.809. The Bertz CT molecular complexity index is 686. The first kappa shape index (κ1) is 18.4. The summed E-state index contributed by atoms with van der Waals surface area (Å²) in [6, 6.07) is 10.1. The molecule has 1 saturated carbocycles. The molecule has 0 bridgehead atoms. The van der Waals surface area contributed by atoms with E-state index in [0.717, 1.165) is 31.2 Å². The number of nitrogens with zero attached hydrogens (tertiary/aromatic N) is 1. The van der Waals surface area contributed by atoms with Crippen molar-refractivity contribution < 1.29 is 13.2 Å². The van der Waals surface area contributed by atoms with Crippen LogP contribution in [0.1, 0.15) is 50.6 Å². The number of hydrogen-bond acceptors (Lipinski definition) is 3. The van der Waals surface area contributed by atoms with E-state index < -0.39 is 10.0 Å². The van der Waals surface area contributed by atoms with E-state index in [1.165, 1.54) is 4.31 Å². The first-order valence-corrected chi connectivity index (χ1v) is 11.0. The van der Waals surface area contributed by atoms with E-state index in [0.29, 0.717) is 25.4 Å². The number of carbonyl (C=O) groups is 1. The van der Waals surface area contributed by atoms with E-state index in [1.54, 1.807) is 0 Å². The average molecular weight is 365 g/mol. The van der Waals surface area contributed by atoms with Crippen molar-refractivity contribution in [2.45, 2.75) is 45.1 Å². The van der Waals surface area contributed by atoms with Gasteiger partial charge in [-0.1, -0.05) is 37.3 Å². The van der Waals surface area contributed by atoms with Crippen molar-refractivity contribution in [3.05, 3.63) is 35.9 Å². The van der Waals surface area contributed by atoms with Gasteiger partial charge in [-0.3, -0.25) is 4.79 Å². The van der Waals surface area contributed by atoms with Crippen molar-refractivity contribution in [2.75, 3.05) is 18.8 Å². The van der Waals surface area contributed by atoms with Crippen LogP contribution in [0.5, 0.6) is 0 Å². The predicted molar refractivity (Wildman–Crippen MR) is 98.4 cm³/mol. The third kappa shape index (κ3) is 4.61. The summed E-state index contributed by atoms with van der Waals surface area (Å²) in [7, 11) is -3.23. The minimum absolute atomic E-state index is 0.00264. The second-order valence-corrected chi connectivity index (χ2v) is 9.34. The summed E-state index contributed by atoms with van der Waals surface area (Å²) in [4.78, 5) is 12.8. The smallest absolute Gasteiger partial charge is 0.224 e. The van der Waals surface area contributed by atoms with Crippen LogP contribution in [0.2, 0.25) is 0 Å². The highest BCUT2D eigenvalue weighted by Gasteiger charge is 2.37. The third-order valence-corrected chi connectivity index (χ3v) is 7.20. The molecule has 1 aliphatic heterocycles. The summed E-state index contributed by atoms with van der Waals surface area (Å²) in [5.74, 6) is 0.424. The molecule has 0 unspecified atom stereocenters. The third-order valence-electron chi connectivity index (χ3n) is 5.16. The molecule has 1 N–H and O–H groups in total. The summed E-state index contributed by atoms with van der Waals surface area (Å²) in [6.07, 6.45) is 4.40. The van der Waals surface area contributed by atoms with Crippen molar-refractivity contribution in [1.82, 2.24) is 9.62 Å². The number of sulfonamides is 1. The molecule has 1 amide bonds. The van der Waals surface area contributed by atoms with Crippen LogP contribution in [-0.2, 0) is 14.8 Å². The molecule has 1 aromatic carbocycles. The van der Waals surface area contributed by atoms with Crippen LogP contribution < -0.4 is 5.32 Å². The maximum absolute atomic E-state index is 12.8. The van der Waals surface area contributed by atoms with Crippen molar-refractivity contribution in [1.29, 1.82) is 0 Å². The van der Waals surface area contributed by atoms with Crippen molar-refractivity contribution in [3.8, 4) is 0 Å². The zero-order valence-corrected chi connectivity index (χ0v) is 15.7. The van der Waals surface area contributed by atoms with E-state index >= 15 is 0 Å². The van der Waals surface area contributed by atoms with Gasteiger partial charge in [0.15, 0.2) is 0 Å². The molecular formula is C19H28N2O3S. The largest absolute Gasteiger partial charge is 0.349 e. The number of rotatable bonds is 7. The Hall–Kier alpha value is -1.40. The Balaban J connectivity index is 1.66. The highest BCUT2D eigenvalue weighted by atomic mass is 32.2. The molecule has 5 nitrogen and oxygen atoms in total. The van der Waals surface area contributed by atoms with Gasteiger partial charge in [0, 0.05) is 13.1 Å². The standard InChI is InChI=1S/C19H28N2O3S/c1-2-13-25(23,24)21-12-6-9-17(14-21)19(22)20-18(16-10-11-16)15-7-4-3-5-8-15/h3-5,7-8,16-18H,2,6,9-14H2,1H3,(H,20,22)/t17-,18-/m0/s1. The lowest BCUT2D eigenvalue weighted by atomic mass is 9.96. The first-order chi connectivity index (χ1) is 12.0. The number of amides is 1. The summed E-state index contributed by atoms with van der Waals surface area (Å²) in [6.45, 7) is 2.73. The fourth-order valence-electron chi connectivity index (χ4n) is 3.63. The molecule has 1 aliphatic carbocycles. The number of nitrogens with one attached hydrogen (secondary N) is 1. The van der Waals surface area contributed by atoms with Crippen LogP contribution in [0.25, 0.3) is 0 Å². The van der Waals surface area contributed by atoms with Crippen LogP contribution in [0.3, 0.4) is 0 Å². The lowest BCUT2D eigenvalue weighted by Crippen LogP contribution is -2.46. The summed E-state index contributed by atoms with van der Waals surface area (Å²) >= 11 is 0. The Morgan fingerprint density at radius 2 is 1.96 bits per heavy atom. The first-order valence-electron chi connectivity index (χ1n) is 9.34. The van der Waals surface area contributed by atoms with Gasteiger partial charge in [0.1, 0.15) is 0 Å². The number of carbonyl (C=O) groups excluding carboxylic acids is 1. The molecule has 1 heterocycles. The fourth-order valence-corrected chi connectivity index (χ4v) is 5.22. The predicted octanol–water partition coefficient (Wildman–Crippen LogP) is 2.71. The van der Waals surface area contributed by atoms with Crippen LogP contribution in [-0.4, -0.2) is 37.5 Å². The fraction of sp³-hybridized carbons (Fsp3) is 0.632. The molecular weight excluding hydrogens is 336 g/mol. The van der Waals surface area contributed by atoms with Crippen molar-refractivity contribution >= 4 is 15.9 Å². The van der Waals surface area contributed by atoms with Gasteiger partial charge in [0.25, 0.3) is 0 Å². The van der Waals surface area contributed by atoms with Crippen LogP contribution >= 0.6 is 0 Å². The van der Waals surface area contributed by atoms with Gasteiger partial charge in [-0.25, -0.2) is 12.7 Å². The zero-order chi connectivity index (χ0) is 17.9. The van der Waals surface area contributed by atoms with E-state index in [-0.39, 0.29) is 23.6 Å². The number of hydrogen-bond donors (Lipinski definition) is 1. The minimum Gasteiger partial charge on any atom is -0.349 e. The van der Waals surface area contributed by atoms with E-state index in [2.05, 4.69) is 17.4 Å². The average Bonchev–Trinajstić information content (AvgIpc) is 3.45. The van der Waals surface area contributed by atoms with Gasteiger partial charge in [-0.2, -0.15) is 0 Å². The molecule has 25 heavy (non-hydrogen) atoms. The summed E-state index contributed by atoms with van der Waals surface area (Å²) in [5.41, 5.74) is 1.14. The Morgan fingerprint density at radius 3 is 2.60 bits per heavy atom. The lowest BCUT2D eigenvalue weighted by Gasteiger charge is -2.32. The molecule has 0 radical (unpaired) electrons. The van der Waals surface area contributed by atoms with E-state index in [1.807, 2.05) is 25.1 Å². The maximum Gasteiger partial charge on any atom is 0.224 e. The Labute approximate surface area is 150 Å². The van der Waals surface area contributed by atoms with Gasteiger partial charge in [-0.15, -0.1) is 0 Å². The topological polar surface area (TPSA) is 66.5 Å². The molecule has 2 aliphatic rings. The van der Waals surface area contributed by atoms with E-state index in [9.17, 15) is 13.2 Å². The van der Waals surface area contributed by atoms with Crippen LogP contribution in [0, 0.1) is 11.8 Å². The summed E-state index contributed by atoms with van der Waals surface area (Å²) in [5, 5.41) is 3.21. The molecule has 6 heteroatoms. The number of benzene rings is 1. The monoisotopic (exact) mass is 364 g/mol. The maximum atomic E-state index is 12.8. The van der Waals surface area contributed by atoms with Gasteiger partial charge in [-0.05, 0) is 43.6 Å². The normalized spacial score (nSPS) is 23.2. The highest BCUT2D eigenvalue weighted by Crippen LogP contribution is 2.41. The highest BCUT2D eigenvalue weighted by molar-refractivity contribution is 7.89. The second-order valence-electron chi connectivity index (χ2n) is 7.25. The molecule has 1 aromatic rings. The van der Waals surface area contributed by atoms with Crippen molar-refractivity contribution in [2.24, 2.45) is 11.8 Å². The lowest BCUT2D eigenvalue weighted by molar-refractivity contribution is -0.127. The Morgan fingerprint density at radius 1 is 1.24 bits per heavy atom. The molecule has 3 rings (SSSR count). The molecule has 0 spiro atoms. The molecule has 138 valence electrons. The van der Waals surface area contributed by atoms with Gasteiger partial charge in [0.2, 0.25) is 15.9 Å². The SMILES string of the molecule is CCCS(=O)(=O)N1CCC[C@H](C(=O)N[C@@H](c2ccccc2)C2CC2)C1.